The lowest BCUT2D eigenvalue weighted by molar-refractivity contribution is -0.134. The number of piperidine rings is 1. The monoisotopic (exact) mass is 317 g/mol. The molecule has 0 saturated carbocycles. The van der Waals surface area contributed by atoms with Crippen LogP contribution in [0.3, 0.4) is 0 Å². The Morgan fingerprint density at radius 3 is 2.40 bits per heavy atom. The Bertz CT molecular complexity index is 553. The summed E-state index contributed by atoms with van der Waals surface area (Å²) < 4.78 is 27.8. The van der Waals surface area contributed by atoms with Crippen molar-refractivity contribution in [3.63, 3.8) is 0 Å². The van der Waals surface area contributed by atoms with Crippen LogP contribution in [0.15, 0.2) is 30.3 Å². The predicted octanol–water partition coefficient (Wildman–Crippen LogP) is 1.62. The Labute approximate surface area is 122 Å². The summed E-state index contributed by atoms with van der Waals surface area (Å²) in [4.78, 5) is 13.6. The van der Waals surface area contributed by atoms with E-state index in [4.69, 9.17) is 15.4 Å². The first kappa shape index (κ1) is 15.1. The van der Waals surface area contributed by atoms with Crippen molar-refractivity contribution in [3.8, 4) is 5.75 Å². The van der Waals surface area contributed by atoms with E-state index in [1.807, 2.05) is 18.2 Å². The third kappa shape index (κ3) is 4.11. The van der Waals surface area contributed by atoms with E-state index in [0.29, 0.717) is 31.7 Å². The highest BCUT2D eigenvalue weighted by molar-refractivity contribution is 8.14. The fourth-order valence-corrected chi connectivity index (χ4v) is 3.45. The van der Waals surface area contributed by atoms with Crippen molar-refractivity contribution < 1.29 is 17.9 Å². The van der Waals surface area contributed by atoms with Crippen LogP contribution >= 0.6 is 10.7 Å². The SMILES string of the molecule is O=C(COc1ccccc1)N1CCC(S(=O)(=O)Cl)CC1. The number of halogens is 1. The van der Waals surface area contributed by atoms with E-state index in [1.54, 1.807) is 17.0 Å². The average molecular weight is 318 g/mol. The lowest BCUT2D eigenvalue weighted by Crippen LogP contribution is -2.43. The molecule has 7 heteroatoms. The Balaban J connectivity index is 1.80. The van der Waals surface area contributed by atoms with Gasteiger partial charge in [-0.3, -0.25) is 4.79 Å². The van der Waals surface area contributed by atoms with Crippen molar-refractivity contribution in [2.45, 2.75) is 18.1 Å². The standard InChI is InChI=1S/C13H16ClNO4S/c14-20(17,18)12-6-8-15(9-7-12)13(16)10-19-11-4-2-1-3-5-11/h1-5,12H,6-10H2. The number of ether oxygens (including phenoxy) is 1. The van der Waals surface area contributed by atoms with Crippen molar-refractivity contribution in [3.05, 3.63) is 30.3 Å². The summed E-state index contributed by atoms with van der Waals surface area (Å²) in [6.45, 7) is 0.753. The molecule has 1 aliphatic heterocycles. The number of hydrogen-bond donors (Lipinski definition) is 0. The van der Waals surface area contributed by atoms with Crippen LogP contribution in [-0.4, -0.2) is 44.2 Å². The molecule has 1 heterocycles. The zero-order valence-electron chi connectivity index (χ0n) is 10.9. The minimum Gasteiger partial charge on any atom is -0.484 e. The highest BCUT2D eigenvalue weighted by Crippen LogP contribution is 2.21. The van der Waals surface area contributed by atoms with Crippen LogP contribution in [0.2, 0.25) is 0 Å². The van der Waals surface area contributed by atoms with E-state index in [9.17, 15) is 13.2 Å². The lowest BCUT2D eigenvalue weighted by Gasteiger charge is -2.30. The summed E-state index contributed by atoms with van der Waals surface area (Å²) in [7, 11) is 1.80. The van der Waals surface area contributed by atoms with Crippen LogP contribution < -0.4 is 4.74 Å². The van der Waals surface area contributed by atoms with Crippen molar-refractivity contribution >= 4 is 25.6 Å². The molecule has 1 aliphatic rings. The van der Waals surface area contributed by atoms with Gasteiger partial charge < -0.3 is 9.64 Å². The van der Waals surface area contributed by atoms with Gasteiger partial charge in [0.15, 0.2) is 6.61 Å². The quantitative estimate of drug-likeness (QED) is 0.792. The van der Waals surface area contributed by atoms with Crippen LogP contribution in [0.25, 0.3) is 0 Å². The molecule has 0 unspecified atom stereocenters. The predicted molar refractivity (Wildman–Crippen MR) is 76.3 cm³/mol. The van der Waals surface area contributed by atoms with Crippen LogP contribution in [0.4, 0.5) is 0 Å². The Hall–Kier alpha value is -1.27. The molecule has 2 rings (SSSR count). The van der Waals surface area contributed by atoms with E-state index in [-0.39, 0.29) is 12.5 Å². The topological polar surface area (TPSA) is 63.7 Å². The summed E-state index contributed by atoms with van der Waals surface area (Å²) in [6.07, 6.45) is 0.756. The van der Waals surface area contributed by atoms with E-state index >= 15 is 0 Å². The van der Waals surface area contributed by atoms with Crippen LogP contribution in [-0.2, 0) is 13.8 Å². The number of nitrogens with zero attached hydrogens (tertiary/aromatic N) is 1. The first-order valence-corrected chi connectivity index (χ1v) is 8.73. The van der Waals surface area contributed by atoms with Gasteiger partial charge in [0.2, 0.25) is 9.05 Å². The number of carbonyl (C=O) groups excluding carboxylic acids is 1. The molecule has 0 aromatic heterocycles. The second kappa shape index (κ2) is 6.45. The molecule has 0 atom stereocenters. The molecule has 1 saturated heterocycles. The third-order valence-electron chi connectivity index (χ3n) is 3.30. The van der Waals surface area contributed by atoms with Crippen LogP contribution in [0.1, 0.15) is 12.8 Å². The van der Waals surface area contributed by atoms with Gasteiger partial charge in [0, 0.05) is 23.8 Å². The van der Waals surface area contributed by atoms with E-state index in [0.717, 1.165) is 0 Å². The van der Waals surface area contributed by atoms with Gasteiger partial charge in [-0.25, -0.2) is 8.42 Å². The van der Waals surface area contributed by atoms with Gasteiger partial charge >= 0.3 is 0 Å². The molecular formula is C13H16ClNO4S. The van der Waals surface area contributed by atoms with Gasteiger partial charge in [0.1, 0.15) is 5.75 Å². The summed E-state index contributed by atoms with van der Waals surface area (Å²) in [6, 6.07) is 9.08. The van der Waals surface area contributed by atoms with Crippen molar-refractivity contribution in [2.75, 3.05) is 19.7 Å². The lowest BCUT2D eigenvalue weighted by atomic mass is 10.1. The van der Waals surface area contributed by atoms with Gasteiger partial charge in [-0.2, -0.15) is 0 Å². The summed E-state index contributed by atoms with van der Waals surface area (Å²) in [5, 5.41) is -0.553. The first-order valence-electron chi connectivity index (χ1n) is 6.36. The highest BCUT2D eigenvalue weighted by Gasteiger charge is 2.30. The Morgan fingerprint density at radius 2 is 1.85 bits per heavy atom. The summed E-state index contributed by atoms with van der Waals surface area (Å²) in [5.41, 5.74) is 0. The number of benzene rings is 1. The maximum absolute atomic E-state index is 11.9. The first-order chi connectivity index (χ1) is 9.47. The van der Waals surface area contributed by atoms with Gasteiger partial charge in [0.25, 0.3) is 5.91 Å². The summed E-state index contributed by atoms with van der Waals surface area (Å²) in [5.74, 6) is 0.498. The number of amides is 1. The number of carbonyl (C=O) groups is 1. The van der Waals surface area contributed by atoms with E-state index in [1.165, 1.54) is 0 Å². The van der Waals surface area contributed by atoms with Crippen LogP contribution in [0, 0.1) is 0 Å². The number of rotatable bonds is 4. The molecular weight excluding hydrogens is 302 g/mol. The molecule has 1 aromatic rings. The molecule has 1 fully saturated rings. The maximum Gasteiger partial charge on any atom is 0.260 e. The molecule has 0 N–H and O–H groups in total. The number of para-hydroxylation sites is 1. The third-order valence-corrected chi connectivity index (χ3v) is 5.32. The maximum atomic E-state index is 11.9. The van der Waals surface area contributed by atoms with Gasteiger partial charge in [-0.1, -0.05) is 18.2 Å². The number of likely N-dealkylation sites (tertiary alicyclic amines) is 1. The zero-order valence-corrected chi connectivity index (χ0v) is 12.4. The molecule has 20 heavy (non-hydrogen) atoms. The van der Waals surface area contributed by atoms with E-state index < -0.39 is 14.3 Å². The molecule has 5 nitrogen and oxygen atoms in total. The Morgan fingerprint density at radius 1 is 1.25 bits per heavy atom. The Kier molecular flexibility index (Phi) is 4.88. The van der Waals surface area contributed by atoms with Crippen molar-refractivity contribution in [1.82, 2.24) is 4.90 Å². The van der Waals surface area contributed by atoms with Gasteiger partial charge in [-0.05, 0) is 25.0 Å². The van der Waals surface area contributed by atoms with Gasteiger partial charge in [0.05, 0.1) is 5.25 Å². The van der Waals surface area contributed by atoms with Gasteiger partial charge in [-0.15, -0.1) is 0 Å². The minimum atomic E-state index is -3.53. The number of hydrogen-bond acceptors (Lipinski definition) is 4. The largest absolute Gasteiger partial charge is 0.484 e. The molecule has 1 aromatic carbocycles. The fraction of sp³-hybridized carbons (Fsp3) is 0.462. The molecule has 0 spiro atoms. The second-order valence-corrected chi connectivity index (χ2v) is 7.57. The smallest absolute Gasteiger partial charge is 0.260 e. The molecule has 110 valence electrons. The minimum absolute atomic E-state index is 0.0394. The van der Waals surface area contributed by atoms with Crippen molar-refractivity contribution in [2.24, 2.45) is 0 Å². The zero-order chi connectivity index (χ0) is 14.6. The second-order valence-electron chi connectivity index (χ2n) is 4.66. The van der Waals surface area contributed by atoms with Crippen molar-refractivity contribution in [1.29, 1.82) is 0 Å². The highest BCUT2D eigenvalue weighted by atomic mass is 35.7. The molecule has 1 amide bonds. The average Bonchev–Trinajstić information content (AvgIpc) is 2.45. The fourth-order valence-electron chi connectivity index (χ4n) is 2.14. The molecule has 0 bridgehead atoms. The molecule has 0 aliphatic carbocycles. The normalized spacial score (nSPS) is 16.9. The molecule has 0 radical (unpaired) electrons. The van der Waals surface area contributed by atoms with E-state index in [2.05, 4.69) is 0 Å². The summed E-state index contributed by atoms with van der Waals surface area (Å²) >= 11 is 0. The van der Waals surface area contributed by atoms with Crippen LogP contribution in [0.5, 0.6) is 5.75 Å².